The molecule has 158 valence electrons. The third kappa shape index (κ3) is 5.79. The molecule has 29 heavy (non-hydrogen) atoms. The van der Waals surface area contributed by atoms with Crippen LogP contribution in [-0.4, -0.2) is 41.7 Å². The van der Waals surface area contributed by atoms with E-state index in [1.165, 1.54) is 0 Å². The molecule has 8 nitrogen and oxygen atoms in total. The van der Waals surface area contributed by atoms with E-state index in [1.54, 1.807) is 31.2 Å². The molecule has 1 heterocycles. The van der Waals surface area contributed by atoms with Gasteiger partial charge in [0.25, 0.3) is 5.91 Å². The Morgan fingerprint density at radius 3 is 2.38 bits per heavy atom. The first kappa shape index (κ1) is 22.4. The molecule has 1 aromatic rings. The molecule has 1 fully saturated rings. The Morgan fingerprint density at radius 2 is 1.79 bits per heavy atom. The number of imide groups is 1. The Balaban J connectivity index is 1.89. The molecule has 1 aromatic carbocycles. The fourth-order valence-corrected chi connectivity index (χ4v) is 3.34. The van der Waals surface area contributed by atoms with Crippen LogP contribution in [0.1, 0.15) is 58.4 Å². The minimum Gasteiger partial charge on any atom is -0.343 e. The lowest BCUT2D eigenvalue weighted by Crippen LogP contribution is -2.40. The van der Waals surface area contributed by atoms with Gasteiger partial charge in [0, 0.05) is 31.6 Å². The van der Waals surface area contributed by atoms with Crippen LogP contribution in [0, 0.1) is 0 Å². The van der Waals surface area contributed by atoms with Gasteiger partial charge in [0.2, 0.25) is 11.8 Å². The third-order valence-corrected chi connectivity index (χ3v) is 4.90. The number of rotatable bonds is 10. The van der Waals surface area contributed by atoms with E-state index < -0.39 is 17.5 Å². The van der Waals surface area contributed by atoms with Crippen LogP contribution in [0.15, 0.2) is 24.3 Å². The summed E-state index contributed by atoms with van der Waals surface area (Å²) < 4.78 is 0. The van der Waals surface area contributed by atoms with Crippen molar-refractivity contribution in [2.24, 2.45) is 0 Å². The van der Waals surface area contributed by atoms with Gasteiger partial charge in [0.15, 0.2) is 0 Å². The maximum Gasteiger partial charge on any atom is 0.322 e. The largest absolute Gasteiger partial charge is 0.343 e. The first-order chi connectivity index (χ1) is 13.8. The van der Waals surface area contributed by atoms with Gasteiger partial charge in [-0.25, -0.2) is 4.79 Å². The van der Waals surface area contributed by atoms with Crippen molar-refractivity contribution >= 4 is 29.4 Å². The quantitative estimate of drug-likeness (QED) is 0.523. The highest BCUT2D eigenvalue weighted by Gasteiger charge is 2.43. The number of anilines is 1. The van der Waals surface area contributed by atoms with Crippen molar-refractivity contribution in [3.05, 3.63) is 29.8 Å². The highest BCUT2D eigenvalue weighted by atomic mass is 16.2. The molecular weight excluding hydrogens is 372 g/mol. The molecule has 1 saturated heterocycles. The van der Waals surface area contributed by atoms with Gasteiger partial charge in [0.05, 0.1) is 0 Å². The SMILES string of the molecule is CCCN(CCC)C(=O)CCCC(=O)Nc1cccc(C2(C)NC(=O)NC2=O)c1. The van der Waals surface area contributed by atoms with E-state index in [4.69, 9.17) is 0 Å². The van der Waals surface area contributed by atoms with Crippen molar-refractivity contribution in [2.75, 3.05) is 18.4 Å². The summed E-state index contributed by atoms with van der Waals surface area (Å²) in [5.74, 6) is -0.551. The van der Waals surface area contributed by atoms with Gasteiger partial charge in [-0.1, -0.05) is 26.0 Å². The monoisotopic (exact) mass is 402 g/mol. The molecule has 8 heteroatoms. The highest BCUT2D eigenvalue weighted by molar-refractivity contribution is 6.07. The summed E-state index contributed by atoms with van der Waals surface area (Å²) in [6.45, 7) is 7.18. The van der Waals surface area contributed by atoms with Gasteiger partial charge in [0.1, 0.15) is 5.54 Å². The number of amides is 5. The molecule has 3 N–H and O–H groups in total. The molecule has 0 spiro atoms. The number of nitrogens with zero attached hydrogens (tertiary/aromatic N) is 1. The van der Waals surface area contributed by atoms with Gasteiger partial charge >= 0.3 is 6.03 Å². The minimum atomic E-state index is -1.17. The fraction of sp³-hybridized carbons (Fsp3) is 0.524. The van der Waals surface area contributed by atoms with Crippen LogP contribution in [0.4, 0.5) is 10.5 Å². The molecular formula is C21H30N4O4. The summed E-state index contributed by atoms with van der Waals surface area (Å²) in [6.07, 6.45) is 2.89. The lowest BCUT2D eigenvalue weighted by atomic mass is 9.92. The Bertz CT molecular complexity index is 774. The molecule has 1 aliphatic rings. The Labute approximate surface area is 171 Å². The Kier molecular flexibility index (Phi) is 7.75. The average molecular weight is 402 g/mol. The zero-order valence-corrected chi connectivity index (χ0v) is 17.3. The topological polar surface area (TPSA) is 108 Å². The smallest absolute Gasteiger partial charge is 0.322 e. The van der Waals surface area contributed by atoms with E-state index in [0.717, 1.165) is 25.9 Å². The summed E-state index contributed by atoms with van der Waals surface area (Å²) in [5, 5.41) is 7.61. The van der Waals surface area contributed by atoms with Gasteiger partial charge in [-0.2, -0.15) is 0 Å². The number of benzene rings is 1. The van der Waals surface area contributed by atoms with Crippen molar-refractivity contribution in [3.63, 3.8) is 0 Å². The first-order valence-corrected chi connectivity index (χ1v) is 10.1. The second-order valence-electron chi connectivity index (χ2n) is 7.40. The van der Waals surface area contributed by atoms with E-state index in [0.29, 0.717) is 24.1 Å². The zero-order valence-electron chi connectivity index (χ0n) is 17.3. The predicted octanol–water partition coefficient (Wildman–Crippen LogP) is 2.50. The summed E-state index contributed by atoms with van der Waals surface area (Å²) in [7, 11) is 0. The third-order valence-electron chi connectivity index (χ3n) is 4.90. The highest BCUT2D eigenvalue weighted by Crippen LogP contribution is 2.26. The lowest BCUT2D eigenvalue weighted by Gasteiger charge is -2.22. The predicted molar refractivity (Wildman–Crippen MR) is 110 cm³/mol. The normalized spacial score (nSPS) is 18.2. The van der Waals surface area contributed by atoms with Gasteiger partial charge < -0.3 is 15.5 Å². The summed E-state index contributed by atoms with van der Waals surface area (Å²) in [5.41, 5.74) is -0.0668. The summed E-state index contributed by atoms with van der Waals surface area (Å²) in [6, 6.07) is 6.27. The van der Waals surface area contributed by atoms with Crippen LogP contribution in [0.2, 0.25) is 0 Å². The second-order valence-corrected chi connectivity index (χ2v) is 7.40. The molecule has 0 aliphatic carbocycles. The molecule has 0 bridgehead atoms. The Hall–Kier alpha value is -2.90. The van der Waals surface area contributed by atoms with Gasteiger partial charge in [-0.3, -0.25) is 19.7 Å². The molecule has 0 saturated carbocycles. The van der Waals surface area contributed by atoms with Gasteiger partial charge in [-0.05, 0) is 43.9 Å². The summed E-state index contributed by atoms with van der Waals surface area (Å²) in [4.78, 5) is 49.9. The standard InChI is InChI=1S/C21H30N4O4/c1-4-12-25(13-5-2)18(27)11-7-10-17(26)22-16-9-6-8-15(14-16)21(3)19(28)23-20(29)24-21/h6,8-9,14H,4-5,7,10-13H2,1-3H3,(H,22,26)(H2,23,24,28,29). The molecule has 1 aliphatic heterocycles. The number of nitrogens with one attached hydrogen (secondary N) is 3. The first-order valence-electron chi connectivity index (χ1n) is 10.1. The van der Waals surface area contributed by atoms with Crippen molar-refractivity contribution in [1.29, 1.82) is 0 Å². The minimum absolute atomic E-state index is 0.0828. The van der Waals surface area contributed by atoms with Crippen molar-refractivity contribution < 1.29 is 19.2 Å². The van der Waals surface area contributed by atoms with Crippen LogP contribution in [0.25, 0.3) is 0 Å². The molecule has 0 aromatic heterocycles. The maximum atomic E-state index is 12.3. The average Bonchev–Trinajstić information content (AvgIpc) is 2.94. The lowest BCUT2D eigenvalue weighted by molar-refractivity contribution is -0.131. The van der Waals surface area contributed by atoms with Crippen LogP contribution >= 0.6 is 0 Å². The number of hydrogen-bond acceptors (Lipinski definition) is 4. The second kappa shape index (κ2) is 10.0. The fourth-order valence-electron chi connectivity index (χ4n) is 3.34. The van der Waals surface area contributed by atoms with Crippen LogP contribution in [-0.2, 0) is 19.9 Å². The zero-order chi connectivity index (χ0) is 21.4. The Morgan fingerprint density at radius 1 is 1.10 bits per heavy atom. The number of carbonyl (C=O) groups is 4. The van der Waals surface area contributed by atoms with Crippen molar-refractivity contribution in [2.45, 2.75) is 58.4 Å². The van der Waals surface area contributed by atoms with Crippen molar-refractivity contribution in [1.82, 2.24) is 15.5 Å². The molecule has 1 atom stereocenters. The van der Waals surface area contributed by atoms with Crippen molar-refractivity contribution in [3.8, 4) is 0 Å². The van der Waals surface area contributed by atoms with Crippen LogP contribution in [0.5, 0.6) is 0 Å². The van der Waals surface area contributed by atoms with Crippen LogP contribution in [0.3, 0.4) is 0 Å². The van der Waals surface area contributed by atoms with E-state index in [-0.39, 0.29) is 18.2 Å². The number of carbonyl (C=O) groups excluding carboxylic acids is 4. The van der Waals surface area contributed by atoms with Crippen LogP contribution < -0.4 is 16.0 Å². The molecule has 5 amide bonds. The molecule has 2 rings (SSSR count). The number of urea groups is 1. The number of hydrogen-bond donors (Lipinski definition) is 3. The van der Waals surface area contributed by atoms with E-state index in [1.807, 2.05) is 18.7 Å². The maximum absolute atomic E-state index is 12.3. The summed E-state index contributed by atoms with van der Waals surface area (Å²) >= 11 is 0. The van der Waals surface area contributed by atoms with Gasteiger partial charge in [-0.15, -0.1) is 0 Å². The van der Waals surface area contributed by atoms with E-state index in [2.05, 4.69) is 16.0 Å². The van der Waals surface area contributed by atoms with E-state index >= 15 is 0 Å². The molecule has 0 radical (unpaired) electrons. The molecule has 1 unspecified atom stereocenters. The van der Waals surface area contributed by atoms with E-state index in [9.17, 15) is 19.2 Å².